The molecule has 0 bridgehead atoms. The average Bonchev–Trinajstić information content (AvgIpc) is 2.90. The van der Waals surface area contributed by atoms with Gasteiger partial charge in [-0.2, -0.15) is 0 Å². The number of rotatable bonds is 3. The number of phenolic OH excluding ortho intramolecular Hbond substituents is 2. The third kappa shape index (κ3) is 3.31. The summed E-state index contributed by atoms with van der Waals surface area (Å²) in [6, 6.07) is 12.2. The third-order valence-corrected chi connectivity index (χ3v) is 4.60. The van der Waals surface area contributed by atoms with Crippen LogP contribution in [0.4, 0.5) is 5.69 Å². The first-order chi connectivity index (χ1) is 12.7. The van der Waals surface area contributed by atoms with Crippen LogP contribution in [0, 0.1) is 0 Å². The first-order valence-electron chi connectivity index (χ1n) is 8.79. The van der Waals surface area contributed by atoms with E-state index in [4.69, 9.17) is 0 Å². The summed E-state index contributed by atoms with van der Waals surface area (Å²) in [6.07, 6.45) is 6.14. The molecular formula is C20H20N4O2. The van der Waals surface area contributed by atoms with E-state index < -0.39 is 0 Å². The van der Waals surface area contributed by atoms with Crippen molar-refractivity contribution in [1.82, 2.24) is 14.8 Å². The highest BCUT2D eigenvalue weighted by molar-refractivity contribution is 5.85. The number of phenols is 2. The van der Waals surface area contributed by atoms with Gasteiger partial charge in [-0.15, -0.1) is 10.2 Å². The molecule has 0 aliphatic carbocycles. The number of aromatic hydroxyl groups is 2. The summed E-state index contributed by atoms with van der Waals surface area (Å²) in [5.41, 5.74) is 2.35. The fourth-order valence-corrected chi connectivity index (χ4v) is 3.18. The van der Waals surface area contributed by atoms with Crippen LogP contribution in [0.2, 0.25) is 0 Å². The fourth-order valence-electron chi connectivity index (χ4n) is 3.18. The van der Waals surface area contributed by atoms with Crippen molar-refractivity contribution in [3.8, 4) is 22.9 Å². The lowest BCUT2D eigenvalue weighted by molar-refractivity contribution is 0.450. The maximum Gasteiger partial charge on any atom is 0.163 e. The molecule has 2 heterocycles. The maximum atomic E-state index is 9.80. The molecule has 0 unspecified atom stereocenters. The van der Waals surface area contributed by atoms with Crippen molar-refractivity contribution in [3.63, 3.8) is 0 Å². The Morgan fingerprint density at radius 1 is 0.962 bits per heavy atom. The Hall–Kier alpha value is -3.15. The van der Waals surface area contributed by atoms with Gasteiger partial charge in [0.15, 0.2) is 5.82 Å². The predicted octanol–water partition coefficient (Wildman–Crippen LogP) is 3.83. The highest BCUT2D eigenvalue weighted by Gasteiger charge is 2.15. The summed E-state index contributed by atoms with van der Waals surface area (Å²) in [7, 11) is 0. The molecule has 3 aromatic rings. The zero-order valence-corrected chi connectivity index (χ0v) is 14.3. The molecule has 0 saturated carbocycles. The van der Waals surface area contributed by atoms with Gasteiger partial charge >= 0.3 is 0 Å². The minimum absolute atomic E-state index is 0.00322. The van der Waals surface area contributed by atoms with Gasteiger partial charge in [-0.25, -0.2) is 0 Å². The normalized spacial score (nSPS) is 14.3. The molecule has 4 rings (SSSR count). The van der Waals surface area contributed by atoms with Gasteiger partial charge < -0.3 is 14.8 Å². The van der Waals surface area contributed by atoms with Crippen molar-refractivity contribution < 1.29 is 10.2 Å². The van der Waals surface area contributed by atoms with E-state index in [-0.39, 0.29) is 11.5 Å². The lowest BCUT2D eigenvalue weighted by Crippen LogP contribution is -2.02. The molecule has 0 atom stereocenters. The van der Waals surface area contributed by atoms with Crippen molar-refractivity contribution in [2.75, 3.05) is 0 Å². The van der Waals surface area contributed by atoms with Gasteiger partial charge in [0.2, 0.25) is 0 Å². The van der Waals surface area contributed by atoms with E-state index in [1.54, 1.807) is 12.3 Å². The quantitative estimate of drug-likeness (QED) is 0.705. The van der Waals surface area contributed by atoms with E-state index in [0.29, 0.717) is 5.56 Å². The molecule has 0 spiro atoms. The van der Waals surface area contributed by atoms with Crippen LogP contribution >= 0.6 is 0 Å². The zero-order valence-electron chi connectivity index (χ0n) is 14.3. The molecule has 6 heteroatoms. The topological polar surface area (TPSA) is 83.5 Å². The summed E-state index contributed by atoms with van der Waals surface area (Å²) in [5.74, 6) is 2.00. The summed E-state index contributed by atoms with van der Waals surface area (Å²) in [5, 5.41) is 27.8. The van der Waals surface area contributed by atoms with Crippen LogP contribution < -0.4 is 0 Å². The number of nitrogens with zero attached hydrogens (tertiary/aromatic N) is 4. The first-order valence-corrected chi connectivity index (χ1v) is 8.79. The Morgan fingerprint density at radius 3 is 2.62 bits per heavy atom. The molecule has 0 amide bonds. The first kappa shape index (κ1) is 16.3. The number of aromatic nitrogens is 3. The lowest BCUT2D eigenvalue weighted by Gasteiger charge is -2.07. The van der Waals surface area contributed by atoms with Crippen molar-refractivity contribution >= 4 is 11.9 Å². The fraction of sp³-hybridized carbons (Fsp3) is 0.250. The van der Waals surface area contributed by atoms with Gasteiger partial charge in [-0.05, 0) is 49.2 Å². The van der Waals surface area contributed by atoms with Crippen molar-refractivity contribution in [2.24, 2.45) is 4.99 Å². The lowest BCUT2D eigenvalue weighted by atomic mass is 10.2. The van der Waals surface area contributed by atoms with Crippen molar-refractivity contribution in [2.45, 2.75) is 32.2 Å². The Kier molecular flexibility index (Phi) is 4.39. The number of hydrogen-bond acceptors (Lipinski definition) is 5. The molecular weight excluding hydrogens is 328 g/mol. The zero-order chi connectivity index (χ0) is 17.9. The van der Waals surface area contributed by atoms with Gasteiger partial charge in [0, 0.05) is 36.4 Å². The van der Waals surface area contributed by atoms with Crippen molar-refractivity contribution in [3.05, 3.63) is 53.9 Å². The molecule has 1 aliphatic heterocycles. The minimum atomic E-state index is -0.00322. The number of aliphatic imine (C=N–C) groups is 1. The number of fused-ring (bicyclic) bond motifs is 1. The Bertz CT molecular complexity index is 945. The molecule has 6 nitrogen and oxygen atoms in total. The maximum absolute atomic E-state index is 9.80. The largest absolute Gasteiger partial charge is 0.508 e. The summed E-state index contributed by atoms with van der Waals surface area (Å²) in [4.78, 5) is 4.38. The molecule has 132 valence electrons. The summed E-state index contributed by atoms with van der Waals surface area (Å²) >= 11 is 0. The van der Waals surface area contributed by atoms with Crippen LogP contribution in [0.25, 0.3) is 11.4 Å². The predicted molar refractivity (Wildman–Crippen MR) is 100 cm³/mol. The summed E-state index contributed by atoms with van der Waals surface area (Å²) < 4.78 is 2.22. The van der Waals surface area contributed by atoms with Crippen LogP contribution in [0.5, 0.6) is 11.5 Å². The molecule has 0 saturated heterocycles. The van der Waals surface area contributed by atoms with E-state index >= 15 is 0 Å². The molecule has 26 heavy (non-hydrogen) atoms. The molecule has 2 N–H and O–H groups in total. The van der Waals surface area contributed by atoms with Gasteiger partial charge in [0.1, 0.15) is 17.3 Å². The van der Waals surface area contributed by atoms with Gasteiger partial charge in [0.25, 0.3) is 0 Å². The van der Waals surface area contributed by atoms with Crippen molar-refractivity contribution in [1.29, 1.82) is 0 Å². The number of benzene rings is 2. The van der Waals surface area contributed by atoms with E-state index in [9.17, 15) is 10.2 Å². The smallest absolute Gasteiger partial charge is 0.163 e. The van der Waals surface area contributed by atoms with Crippen LogP contribution in [-0.4, -0.2) is 31.2 Å². The third-order valence-electron chi connectivity index (χ3n) is 4.60. The highest BCUT2D eigenvalue weighted by Crippen LogP contribution is 2.25. The Labute approximate surface area is 151 Å². The second-order valence-corrected chi connectivity index (χ2v) is 6.45. The molecule has 2 aromatic carbocycles. The van der Waals surface area contributed by atoms with Crippen LogP contribution in [0.1, 0.15) is 30.7 Å². The second kappa shape index (κ2) is 7.00. The van der Waals surface area contributed by atoms with E-state index in [1.807, 2.05) is 24.3 Å². The molecule has 0 fully saturated rings. The van der Waals surface area contributed by atoms with Gasteiger partial charge in [-0.1, -0.05) is 6.42 Å². The summed E-state index contributed by atoms with van der Waals surface area (Å²) in [6.45, 7) is 0.970. The Balaban J connectivity index is 1.56. The highest BCUT2D eigenvalue weighted by atomic mass is 16.3. The standard InChI is InChI=1S/C20H20N4O2/c25-17-10-7-15(18(26)12-17)13-21-16-8-5-14(6-9-16)20-23-22-19-4-2-1-3-11-24(19)20/h5-10,12-13,25-26H,1-4,11H2. The van der Waals surface area contributed by atoms with E-state index in [0.717, 1.165) is 42.3 Å². The molecule has 1 aromatic heterocycles. The van der Waals surface area contributed by atoms with Crippen LogP contribution in [-0.2, 0) is 13.0 Å². The monoisotopic (exact) mass is 348 g/mol. The number of hydrogen-bond donors (Lipinski definition) is 2. The van der Waals surface area contributed by atoms with Crippen LogP contribution in [0.15, 0.2) is 47.5 Å². The van der Waals surface area contributed by atoms with E-state index in [2.05, 4.69) is 19.8 Å². The second-order valence-electron chi connectivity index (χ2n) is 6.45. The van der Waals surface area contributed by atoms with Crippen LogP contribution in [0.3, 0.4) is 0 Å². The average molecular weight is 348 g/mol. The van der Waals surface area contributed by atoms with Gasteiger partial charge in [-0.3, -0.25) is 4.99 Å². The SMILES string of the molecule is Oc1ccc(C=Nc2ccc(-c3nnc4n3CCCCC4)cc2)c(O)c1. The molecule has 0 radical (unpaired) electrons. The van der Waals surface area contributed by atoms with E-state index in [1.165, 1.54) is 25.0 Å². The number of aryl methyl sites for hydroxylation is 1. The minimum Gasteiger partial charge on any atom is -0.508 e. The Morgan fingerprint density at radius 2 is 1.81 bits per heavy atom. The van der Waals surface area contributed by atoms with Gasteiger partial charge in [0.05, 0.1) is 5.69 Å². The molecule has 1 aliphatic rings.